The summed E-state index contributed by atoms with van der Waals surface area (Å²) >= 11 is 0. The molecule has 0 saturated heterocycles. The van der Waals surface area contributed by atoms with Crippen LogP contribution in [0.25, 0.3) is 0 Å². The minimum absolute atomic E-state index is 0.0888. The van der Waals surface area contributed by atoms with Crippen molar-refractivity contribution in [2.24, 2.45) is 5.92 Å². The van der Waals surface area contributed by atoms with Gasteiger partial charge in [-0.15, -0.1) is 0 Å². The van der Waals surface area contributed by atoms with E-state index in [1.54, 1.807) is 0 Å². The van der Waals surface area contributed by atoms with E-state index in [2.05, 4.69) is 10.6 Å². The summed E-state index contributed by atoms with van der Waals surface area (Å²) in [6.07, 6.45) is 6.31. The van der Waals surface area contributed by atoms with E-state index in [1.165, 1.54) is 6.42 Å². The fraction of sp³-hybridized carbons (Fsp3) is 0.556. The van der Waals surface area contributed by atoms with E-state index >= 15 is 0 Å². The number of benzene rings is 1. The van der Waals surface area contributed by atoms with Crippen molar-refractivity contribution >= 4 is 17.5 Å². The number of carbonyl (C=O) groups excluding carboxylic acids is 2. The zero-order valence-corrected chi connectivity index (χ0v) is 13.5. The first-order valence-corrected chi connectivity index (χ1v) is 8.46. The zero-order chi connectivity index (χ0) is 16.5. The summed E-state index contributed by atoms with van der Waals surface area (Å²) in [5.74, 6) is 0.112. The molecule has 0 heterocycles. The maximum atomic E-state index is 12.0. The van der Waals surface area contributed by atoms with E-state index in [0.29, 0.717) is 13.0 Å². The number of aliphatic hydroxyl groups is 1. The molecule has 2 amide bonds. The molecule has 0 radical (unpaired) electrons. The van der Waals surface area contributed by atoms with Crippen LogP contribution >= 0.6 is 0 Å². The van der Waals surface area contributed by atoms with Crippen molar-refractivity contribution in [2.75, 3.05) is 18.5 Å². The van der Waals surface area contributed by atoms with Gasteiger partial charge in [0.05, 0.1) is 0 Å². The van der Waals surface area contributed by atoms with Crippen molar-refractivity contribution < 1.29 is 14.7 Å². The number of hydrogen-bond acceptors (Lipinski definition) is 3. The quantitative estimate of drug-likeness (QED) is 0.721. The van der Waals surface area contributed by atoms with Crippen molar-refractivity contribution in [3.05, 3.63) is 29.8 Å². The lowest BCUT2D eigenvalue weighted by atomic mass is 9.89. The topological polar surface area (TPSA) is 78.4 Å². The predicted octanol–water partition coefficient (Wildman–Crippen LogP) is 2.25. The van der Waals surface area contributed by atoms with E-state index in [-0.39, 0.29) is 30.8 Å². The molecule has 0 bridgehead atoms. The molecule has 0 atom stereocenters. The molecule has 1 saturated carbocycles. The van der Waals surface area contributed by atoms with Gasteiger partial charge < -0.3 is 15.7 Å². The lowest BCUT2D eigenvalue weighted by Gasteiger charge is -2.20. The van der Waals surface area contributed by atoms with Gasteiger partial charge in [-0.25, -0.2) is 0 Å². The van der Waals surface area contributed by atoms with E-state index in [0.717, 1.165) is 36.9 Å². The van der Waals surface area contributed by atoms with Gasteiger partial charge in [0.15, 0.2) is 0 Å². The molecule has 23 heavy (non-hydrogen) atoms. The first-order chi connectivity index (χ1) is 11.2. The lowest BCUT2D eigenvalue weighted by molar-refractivity contribution is -0.126. The molecule has 2 rings (SSSR count). The Balaban J connectivity index is 1.67. The lowest BCUT2D eigenvalue weighted by Crippen LogP contribution is -2.34. The number of amides is 2. The van der Waals surface area contributed by atoms with Crippen molar-refractivity contribution in [1.82, 2.24) is 5.32 Å². The van der Waals surface area contributed by atoms with Crippen LogP contribution in [-0.4, -0.2) is 30.1 Å². The Kier molecular flexibility index (Phi) is 7.07. The molecule has 3 N–H and O–H groups in total. The summed E-state index contributed by atoms with van der Waals surface area (Å²) in [4.78, 5) is 23.9. The van der Waals surface area contributed by atoms with Crippen LogP contribution in [0.1, 0.15) is 44.1 Å². The molecule has 0 spiro atoms. The molecule has 0 aliphatic heterocycles. The number of nitrogens with one attached hydrogen (secondary N) is 2. The number of carbonyl (C=O) groups is 2. The van der Waals surface area contributed by atoms with Gasteiger partial charge in [0.1, 0.15) is 0 Å². The van der Waals surface area contributed by atoms with Gasteiger partial charge in [0.2, 0.25) is 11.8 Å². The average Bonchev–Trinajstić information content (AvgIpc) is 2.57. The third kappa shape index (κ3) is 6.02. The van der Waals surface area contributed by atoms with Gasteiger partial charge >= 0.3 is 0 Å². The maximum absolute atomic E-state index is 12.0. The van der Waals surface area contributed by atoms with Crippen LogP contribution in [-0.2, 0) is 16.0 Å². The van der Waals surface area contributed by atoms with E-state index < -0.39 is 0 Å². The molecule has 1 aliphatic rings. The second kappa shape index (κ2) is 9.30. The van der Waals surface area contributed by atoms with Crippen LogP contribution < -0.4 is 10.6 Å². The first kappa shape index (κ1) is 17.5. The molecule has 126 valence electrons. The summed E-state index contributed by atoms with van der Waals surface area (Å²) in [5, 5.41) is 14.5. The van der Waals surface area contributed by atoms with E-state index in [4.69, 9.17) is 5.11 Å². The van der Waals surface area contributed by atoms with E-state index in [9.17, 15) is 9.59 Å². The summed E-state index contributed by atoms with van der Waals surface area (Å²) in [6, 6.07) is 7.42. The minimum Gasteiger partial charge on any atom is -0.396 e. The van der Waals surface area contributed by atoms with Gasteiger partial charge in [0.25, 0.3) is 0 Å². The smallest absolute Gasteiger partial charge is 0.226 e. The Morgan fingerprint density at radius 3 is 2.43 bits per heavy atom. The molecule has 5 heteroatoms. The van der Waals surface area contributed by atoms with Gasteiger partial charge in [-0.05, 0) is 37.0 Å². The van der Waals surface area contributed by atoms with Crippen LogP contribution in [0.3, 0.4) is 0 Å². The largest absolute Gasteiger partial charge is 0.396 e. The van der Waals surface area contributed by atoms with Gasteiger partial charge in [-0.2, -0.15) is 0 Å². The Bertz CT molecular complexity index is 508. The number of anilines is 1. The van der Waals surface area contributed by atoms with Crippen LogP contribution in [0.15, 0.2) is 24.3 Å². The maximum Gasteiger partial charge on any atom is 0.226 e. The molecule has 5 nitrogen and oxygen atoms in total. The normalized spacial score (nSPS) is 15.2. The monoisotopic (exact) mass is 318 g/mol. The summed E-state index contributed by atoms with van der Waals surface area (Å²) in [6.45, 7) is 0.496. The highest BCUT2D eigenvalue weighted by Crippen LogP contribution is 2.23. The highest BCUT2D eigenvalue weighted by atomic mass is 16.3. The van der Waals surface area contributed by atoms with Gasteiger partial charge in [-0.3, -0.25) is 9.59 Å². The van der Waals surface area contributed by atoms with Gasteiger partial charge in [-0.1, -0.05) is 31.4 Å². The zero-order valence-electron chi connectivity index (χ0n) is 13.5. The van der Waals surface area contributed by atoms with E-state index in [1.807, 2.05) is 24.3 Å². The second-order valence-electron chi connectivity index (χ2n) is 6.09. The first-order valence-electron chi connectivity index (χ1n) is 8.46. The number of aliphatic hydroxyl groups excluding tert-OH is 1. The molecule has 0 aromatic heterocycles. The number of hydrogen-bond donors (Lipinski definition) is 3. The van der Waals surface area contributed by atoms with Crippen molar-refractivity contribution in [1.29, 1.82) is 0 Å². The predicted molar refractivity (Wildman–Crippen MR) is 90.1 cm³/mol. The Morgan fingerprint density at radius 2 is 1.78 bits per heavy atom. The van der Waals surface area contributed by atoms with Crippen LogP contribution in [0.5, 0.6) is 0 Å². The SMILES string of the molecule is O=C(CCNC(=O)C1CCCCC1)Nc1ccc(CCO)cc1. The van der Waals surface area contributed by atoms with Crippen LogP contribution in [0.2, 0.25) is 0 Å². The fourth-order valence-electron chi connectivity index (χ4n) is 2.92. The number of rotatable bonds is 7. The highest BCUT2D eigenvalue weighted by molar-refractivity contribution is 5.91. The third-order valence-corrected chi connectivity index (χ3v) is 4.27. The Morgan fingerprint density at radius 1 is 1.09 bits per heavy atom. The summed E-state index contributed by atoms with van der Waals surface area (Å²) in [7, 11) is 0. The summed E-state index contributed by atoms with van der Waals surface area (Å²) in [5.41, 5.74) is 1.76. The van der Waals surface area contributed by atoms with Crippen molar-refractivity contribution in [3.63, 3.8) is 0 Å². The molecular formula is C18H26N2O3. The minimum atomic E-state index is -0.108. The molecule has 1 aromatic carbocycles. The summed E-state index contributed by atoms with van der Waals surface area (Å²) < 4.78 is 0. The Labute approximate surface area is 137 Å². The van der Waals surface area contributed by atoms with Crippen LogP contribution in [0.4, 0.5) is 5.69 Å². The van der Waals surface area contributed by atoms with Gasteiger partial charge in [0, 0.05) is 31.2 Å². The molecule has 0 unspecified atom stereocenters. The standard InChI is InChI=1S/C18H26N2O3/c21-13-11-14-6-8-16(9-7-14)20-17(22)10-12-19-18(23)15-4-2-1-3-5-15/h6-9,15,21H,1-5,10-13H2,(H,19,23)(H,20,22). The molecule has 1 fully saturated rings. The van der Waals surface area contributed by atoms with Crippen LogP contribution in [0, 0.1) is 5.92 Å². The van der Waals surface area contributed by atoms with Crippen molar-refractivity contribution in [3.8, 4) is 0 Å². The molecular weight excluding hydrogens is 292 g/mol. The average molecular weight is 318 g/mol. The highest BCUT2D eigenvalue weighted by Gasteiger charge is 2.20. The fourth-order valence-corrected chi connectivity index (χ4v) is 2.92. The third-order valence-electron chi connectivity index (χ3n) is 4.27. The van der Waals surface area contributed by atoms with Crippen molar-refractivity contribution in [2.45, 2.75) is 44.9 Å². The second-order valence-corrected chi connectivity index (χ2v) is 6.09. The Hall–Kier alpha value is -1.88. The molecule has 1 aromatic rings. The molecule has 1 aliphatic carbocycles.